The topological polar surface area (TPSA) is 46.5 Å². The predicted octanol–water partition coefficient (Wildman–Crippen LogP) is 1.97. The largest absolute Gasteiger partial charge is 0.491 e. The summed E-state index contributed by atoms with van der Waals surface area (Å²) in [5, 5.41) is 9.48. The normalized spacial score (nSPS) is 11.2. The van der Waals surface area contributed by atoms with Crippen LogP contribution in [0.15, 0.2) is 24.3 Å². The number of carbonyl (C=O) groups excluding carboxylic acids is 1. The molecule has 0 heterocycles. The van der Waals surface area contributed by atoms with Crippen LogP contribution in [-0.2, 0) is 11.2 Å². The van der Waals surface area contributed by atoms with E-state index < -0.39 is 5.60 Å². The Morgan fingerprint density at radius 2 is 1.88 bits per heavy atom. The van der Waals surface area contributed by atoms with Crippen molar-refractivity contribution in [3.8, 4) is 5.75 Å². The zero-order valence-electron chi connectivity index (χ0n) is 9.99. The van der Waals surface area contributed by atoms with E-state index >= 15 is 0 Å². The molecule has 0 atom stereocenters. The molecule has 0 spiro atoms. The number of Topliss-reactive ketones (excluding diaryl/α,β-unsaturated/α-hetero) is 1. The van der Waals surface area contributed by atoms with Crippen molar-refractivity contribution in [3.63, 3.8) is 0 Å². The summed E-state index contributed by atoms with van der Waals surface area (Å²) >= 11 is 0. The number of carbonyl (C=O) groups is 1. The highest BCUT2D eigenvalue weighted by molar-refractivity contribution is 5.78. The fourth-order valence-electron chi connectivity index (χ4n) is 1.25. The Labute approximate surface area is 96.1 Å². The maximum atomic E-state index is 10.9. The molecule has 1 N–H and O–H groups in total. The Morgan fingerprint density at radius 3 is 2.31 bits per heavy atom. The maximum absolute atomic E-state index is 10.9. The van der Waals surface area contributed by atoms with E-state index in [4.69, 9.17) is 4.74 Å². The number of ether oxygens (including phenoxy) is 1. The molecule has 0 radical (unpaired) electrons. The Balaban J connectivity index is 2.55. The Morgan fingerprint density at radius 1 is 1.31 bits per heavy atom. The zero-order valence-corrected chi connectivity index (χ0v) is 9.99. The standard InChI is InChI=1S/C13H18O3/c1-10(14)8-11-4-6-12(7-5-11)16-9-13(2,3)15/h4-7,15H,8-9H2,1-3H3. The summed E-state index contributed by atoms with van der Waals surface area (Å²) in [6.45, 7) is 5.20. The summed E-state index contributed by atoms with van der Waals surface area (Å²) in [5.74, 6) is 0.847. The second-order valence-corrected chi connectivity index (χ2v) is 4.62. The SMILES string of the molecule is CC(=O)Cc1ccc(OCC(C)(C)O)cc1. The van der Waals surface area contributed by atoms with Gasteiger partial charge in [0.15, 0.2) is 0 Å². The molecule has 0 saturated heterocycles. The number of hydrogen-bond donors (Lipinski definition) is 1. The molecule has 0 saturated carbocycles. The van der Waals surface area contributed by atoms with Gasteiger partial charge in [-0.1, -0.05) is 12.1 Å². The molecule has 0 fully saturated rings. The van der Waals surface area contributed by atoms with E-state index in [1.165, 1.54) is 0 Å². The third-order valence-corrected chi connectivity index (χ3v) is 1.97. The van der Waals surface area contributed by atoms with Gasteiger partial charge in [0.25, 0.3) is 0 Å². The molecule has 1 rings (SSSR count). The van der Waals surface area contributed by atoms with E-state index in [0.717, 1.165) is 5.56 Å². The van der Waals surface area contributed by atoms with Gasteiger partial charge in [0.05, 0.1) is 5.60 Å². The van der Waals surface area contributed by atoms with Crippen LogP contribution in [0.1, 0.15) is 26.3 Å². The monoisotopic (exact) mass is 222 g/mol. The highest BCUT2D eigenvalue weighted by atomic mass is 16.5. The molecule has 0 aliphatic carbocycles. The molecule has 3 nitrogen and oxygen atoms in total. The van der Waals surface area contributed by atoms with Gasteiger partial charge in [-0.25, -0.2) is 0 Å². The summed E-state index contributed by atoms with van der Waals surface area (Å²) in [6.07, 6.45) is 0.450. The van der Waals surface area contributed by atoms with Gasteiger partial charge in [0.1, 0.15) is 18.1 Å². The zero-order chi connectivity index (χ0) is 12.2. The number of benzene rings is 1. The molecule has 1 aromatic carbocycles. The van der Waals surface area contributed by atoms with Crippen LogP contribution >= 0.6 is 0 Å². The molecule has 0 bridgehead atoms. The first-order chi connectivity index (χ1) is 7.37. The minimum atomic E-state index is -0.835. The van der Waals surface area contributed by atoms with Crippen molar-refractivity contribution in [2.24, 2.45) is 0 Å². The van der Waals surface area contributed by atoms with Gasteiger partial charge in [-0.2, -0.15) is 0 Å². The van der Waals surface area contributed by atoms with Crippen molar-refractivity contribution in [1.29, 1.82) is 0 Å². The average molecular weight is 222 g/mol. The van der Waals surface area contributed by atoms with Crippen molar-refractivity contribution >= 4 is 5.78 Å². The Kier molecular flexibility index (Phi) is 4.07. The van der Waals surface area contributed by atoms with Gasteiger partial charge in [0.2, 0.25) is 0 Å². The number of ketones is 1. The van der Waals surface area contributed by atoms with Crippen molar-refractivity contribution in [3.05, 3.63) is 29.8 Å². The van der Waals surface area contributed by atoms with E-state index in [9.17, 15) is 9.90 Å². The first-order valence-corrected chi connectivity index (χ1v) is 5.30. The van der Waals surface area contributed by atoms with Crippen LogP contribution in [0.3, 0.4) is 0 Å². The van der Waals surface area contributed by atoms with Gasteiger partial charge < -0.3 is 9.84 Å². The molecule has 0 unspecified atom stereocenters. The summed E-state index contributed by atoms with van der Waals surface area (Å²) in [4.78, 5) is 10.9. The lowest BCUT2D eigenvalue weighted by Gasteiger charge is -2.17. The average Bonchev–Trinajstić information content (AvgIpc) is 2.14. The first-order valence-electron chi connectivity index (χ1n) is 5.30. The fourth-order valence-corrected chi connectivity index (χ4v) is 1.25. The predicted molar refractivity (Wildman–Crippen MR) is 62.6 cm³/mol. The van der Waals surface area contributed by atoms with Crippen LogP contribution < -0.4 is 4.74 Å². The quantitative estimate of drug-likeness (QED) is 0.828. The second-order valence-electron chi connectivity index (χ2n) is 4.62. The van der Waals surface area contributed by atoms with E-state index in [1.807, 2.05) is 24.3 Å². The van der Waals surface area contributed by atoms with Crippen molar-refractivity contribution in [2.75, 3.05) is 6.61 Å². The van der Waals surface area contributed by atoms with Gasteiger partial charge in [-0.05, 0) is 38.5 Å². The van der Waals surface area contributed by atoms with E-state index in [-0.39, 0.29) is 12.4 Å². The van der Waals surface area contributed by atoms with Crippen LogP contribution in [0, 0.1) is 0 Å². The van der Waals surface area contributed by atoms with Gasteiger partial charge in [-0.15, -0.1) is 0 Å². The number of hydrogen-bond acceptors (Lipinski definition) is 3. The van der Waals surface area contributed by atoms with E-state index in [2.05, 4.69) is 0 Å². The number of aliphatic hydroxyl groups is 1. The molecule has 88 valence electrons. The van der Waals surface area contributed by atoms with Gasteiger partial charge >= 0.3 is 0 Å². The number of rotatable bonds is 5. The lowest BCUT2D eigenvalue weighted by molar-refractivity contribution is -0.116. The van der Waals surface area contributed by atoms with Crippen LogP contribution in [-0.4, -0.2) is 23.1 Å². The third-order valence-electron chi connectivity index (χ3n) is 1.97. The smallest absolute Gasteiger partial charge is 0.134 e. The lowest BCUT2D eigenvalue weighted by atomic mass is 10.1. The summed E-state index contributed by atoms with van der Waals surface area (Å²) in [6, 6.07) is 7.34. The lowest BCUT2D eigenvalue weighted by Crippen LogP contribution is -2.27. The van der Waals surface area contributed by atoms with Crippen molar-refractivity contribution in [2.45, 2.75) is 32.8 Å². The first kappa shape index (κ1) is 12.7. The van der Waals surface area contributed by atoms with Gasteiger partial charge in [0, 0.05) is 6.42 Å². The molecule has 0 aliphatic rings. The van der Waals surface area contributed by atoms with Crippen molar-refractivity contribution in [1.82, 2.24) is 0 Å². The van der Waals surface area contributed by atoms with Crippen molar-refractivity contribution < 1.29 is 14.6 Å². The molecule has 0 aliphatic heterocycles. The van der Waals surface area contributed by atoms with Crippen LogP contribution in [0.25, 0.3) is 0 Å². The molecular weight excluding hydrogens is 204 g/mol. The summed E-state index contributed by atoms with van der Waals surface area (Å²) in [5.41, 5.74) is 0.140. The minimum absolute atomic E-state index is 0.144. The Hall–Kier alpha value is -1.35. The molecular formula is C13H18O3. The van der Waals surface area contributed by atoms with Gasteiger partial charge in [-0.3, -0.25) is 4.79 Å². The molecule has 1 aromatic rings. The highest BCUT2D eigenvalue weighted by Gasteiger charge is 2.13. The maximum Gasteiger partial charge on any atom is 0.134 e. The summed E-state index contributed by atoms with van der Waals surface area (Å²) in [7, 11) is 0. The minimum Gasteiger partial charge on any atom is -0.491 e. The highest BCUT2D eigenvalue weighted by Crippen LogP contribution is 2.14. The second kappa shape index (κ2) is 5.12. The Bertz CT molecular complexity index is 346. The van der Waals surface area contributed by atoms with Crippen LogP contribution in [0.2, 0.25) is 0 Å². The van der Waals surface area contributed by atoms with E-state index in [0.29, 0.717) is 12.2 Å². The molecule has 0 aromatic heterocycles. The molecule has 3 heteroatoms. The van der Waals surface area contributed by atoms with Crippen LogP contribution in [0.5, 0.6) is 5.75 Å². The van der Waals surface area contributed by atoms with E-state index in [1.54, 1.807) is 20.8 Å². The fraction of sp³-hybridized carbons (Fsp3) is 0.462. The molecule has 0 amide bonds. The third kappa shape index (κ3) is 4.94. The van der Waals surface area contributed by atoms with Crippen LogP contribution in [0.4, 0.5) is 0 Å². The summed E-state index contributed by atoms with van der Waals surface area (Å²) < 4.78 is 5.40. The molecule has 16 heavy (non-hydrogen) atoms.